The lowest BCUT2D eigenvalue weighted by molar-refractivity contribution is -0.134. The maximum Gasteiger partial charge on any atom is 0.227 e. The Morgan fingerprint density at radius 2 is 1.93 bits per heavy atom. The highest BCUT2D eigenvalue weighted by atomic mass is 35.5. The molecule has 0 bridgehead atoms. The third-order valence-corrected chi connectivity index (χ3v) is 8.63. The number of carbonyl (C=O) groups is 2. The Morgan fingerprint density at radius 3 is 2.64 bits per heavy atom. The molecule has 4 rings (SSSR count). The number of ether oxygens (including phenoxy) is 2. The number of morpholine rings is 1. The van der Waals surface area contributed by atoms with Gasteiger partial charge in [-0.2, -0.15) is 0 Å². The Kier molecular flexibility index (Phi) is 11.9. The van der Waals surface area contributed by atoms with Crippen molar-refractivity contribution in [3.8, 4) is 5.75 Å². The van der Waals surface area contributed by atoms with E-state index in [4.69, 9.17) is 32.7 Å². The molecule has 3 atom stereocenters. The molecule has 2 amide bonds. The zero-order valence-electron chi connectivity index (χ0n) is 24.7. The molecule has 2 aromatic rings. The molecular weight excluding hydrogens is 579 g/mol. The van der Waals surface area contributed by atoms with Crippen molar-refractivity contribution in [2.75, 3.05) is 64.9 Å². The molecule has 0 radical (unpaired) electrons. The van der Waals surface area contributed by atoms with Gasteiger partial charge in [-0.25, -0.2) is 0 Å². The van der Waals surface area contributed by atoms with Crippen LogP contribution in [0.4, 0.5) is 5.69 Å². The maximum absolute atomic E-state index is 13.5. The summed E-state index contributed by atoms with van der Waals surface area (Å²) in [4.78, 5) is 32.3. The highest BCUT2D eigenvalue weighted by molar-refractivity contribution is 6.42. The number of aliphatic hydroxyl groups is 1. The highest BCUT2D eigenvalue weighted by Crippen LogP contribution is 2.30. The molecule has 0 saturated carbocycles. The van der Waals surface area contributed by atoms with Crippen LogP contribution in [0.2, 0.25) is 10.0 Å². The lowest BCUT2D eigenvalue weighted by atomic mass is 10.0. The molecule has 2 aliphatic heterocycles. The molecule has 2 N–H and O–H groups in total. The minimum atomic E-state index is -0.334. The Hall–Kier alpha value is -2.40. The van der Waals surface area contributed by atoms with E-state index < -0.39 is 0 Å². The fourth-order valence-corrected chi connectivity index (χ4v) is 5.68. The van der Waals surface area contributed by atoms with Crippen molar-refractivity contribution in [3.63, 3.8) is 0 Å². The second kappa shape index (κ2) is 15.4. The number of aliphatic hydroxyl groups excluding tert-OH is 1. The quantitative estimate of drug-likeness (QED) is 0.415. The molecular formula is C31H42Cl2N4O5. The van der Waals surface area contributed by atoms with Gasteiger partial charge in [0.25, 0.3) is 0 Å². The molecule has 42 heavy (non-hydrogen) atoms. The average Bonchev–Trinajstić information content (AvgIpc) is 3.01. The van der Waals surface area contributed by atoms with Crippen molar-refractivity contribution in [1.82, 2.24) is 14.7 Å². The van der Waals surface area contributed by atoms with E-state index in [2.05, 4.69) is 22.0 Å². The summed E-state index contributed by atoms with van der Waals surface area (Å²) in [6.07, 6.45) is 0.235. The standard InChI is InChI=1S/C31H42Cl2N4O5/c1-21-17-37(22(2)20-38)31(40)16-24-15-25(34-30(39)8-9-36-10-12-41-13-11-36)5-7-28(24)42-29(21)19-35(3)18-23-4-6-26(32)27(33)14-23/h4-7,14-15,21-22,29,38H,8-13,16-20H2,1-3H3,(H,34,39)/t21-,22-,29-/m0/s1. The summed E-state index contributed by atoms with van der Waals surface area (Å²) in [5.74, 6) is 0.425. The first-order valence-corrected chi connectivity index (χ1v) is 15.3. The van der Waals surface area contributed by atoms with Gasteiger partial charge in [0, 0.05) is 62.9 Å². The van der Waals surface area contributed by atoms with Gasteiger partial charge in [-0.1, -0.05) is 36.2 Å². The minimum Gasteiger partial charge on any atom is -0.488 e. The van der Waals surface area contributed by atoms with Crippen molar-refractivity contribution in [1.29, 1.82) is 0 Å². The van der Waals surface area contributed by atoms with Gasteiger partial charge in [0.05, 0.1) is 42.3 Å². The van der Waals surface area contributed by atoms with Crippen LogP contribution in [0.3, 0.4) is 0 Å². The number of rotatable bonds is 10. The summed E-state index contributed by atoms with van der Waals surface area (Å²) in [6.45, 7) is 9.18. The summed E-state index contributed by atoms with van der Waals surface area (Å²) >= 11 is 12.3. The van der Waals surface area contributed by atoms with Crippen LogP contribution in [0.25, 0.3) is 0 Å². The molecule has 1 fully saturated rings. The Bertz CT molecular complexity index is 1230. The minimum absolute atomic E-state index is 0.0234. The highest BCUT2D eigenvalue weighted by Gasteiger charge is 2.31. The van der Waals surface area contributed by atoms with E-state index >= 15 is 0 Å². The van der Waals surface area contributed by atoms with Gasteiger partial charge in [0.1, 0.15) is 11.9 Å². The molecule has 0 aliphatic carbocycles. The van der Waals surface area contributed by atoms with E-state index in [1.807, 2.05) is 44.3 Å². The van der Waals surface area contributed by atoms with E-state index in [1.165, 1.54) is 0 Å². The molecule has 2 aromatic carbocycles. The van der Waals surface area contributed by atoms with Crippen LogP contribution in [0.15, 0.2) is 36.4 Å². The van der Waals surface area contributed by atoms with Gasteiger partial charge in [-0.05, 0) is 49.9 Å². The molecule has 0 aromatic heterocycles. The monoisotopic (exact) mass is 620 g/mol. The predicted molar refractivity (Wildman–Crippen MR) is 165 cm³/mol. The average molecular weight is 622 g/mol. The van der Waals surface area contributed by atoms with Gasteiger partial charge >= 0.3 is 0 Å². The van der Waals surface area contributed by atoms with Crippen molar-refractivity contribution in [2.45, 2.75) is 45.4 Å². The number of likely N-dealkylation sites (N-methyl/N-ethyl adjacent to an activating group) is 1. The third kappa shape index (κ3) is 9.05. The van der Waals surface area contributed by atoms with Crippen molar-refractivity contribution >= 4 is 40.7 Å². The van der Waals surface area contributed by atoms with Crippen LogP contribution in [-0.4, -0.2) is 103 Å². The first kappa shape index (κ1) is 32.5. The number of hydrogen-bond acceptors (Lipinski definition) is 7. The molecule has 0 unspecified atom stereocenters. The predicted octanol–water partition coefficient (Wildman–Crippen LogP) is 3.94. The third-order valence-electron chi connectivity index (χ3n) is 7.89. The van der Waals surface area contributed by atoms with Crippen LogP contribution in [0.1, 0.15) is 31.4 Å². The van der Waals surface area contributed by atoms with Crippen molar-refractivity contribution in [3.05, 3.63) is 57.6 Å². The first-order chi connectivity index (χ1) is 20.1. The number of hydrogen-bond donors (Lipinski definition) is 2. The van der Waals surface area contributed by atoms with Crippen LogP contribution in [-0.2, 0) is 27.3 Å². The fraction of sp³-hybridized carbons (Fsp3) is 0.548. The number of anilines is 1. The zero-order valence-corrected chi connectivity index (χ0v) is 26.2. The SMILES string of the molecule is C[C@H]1CN([C@@H](C)CO)C(=O)Cc2cc(NC(=O)CCN3CCOCC3)ccc2O[C@H]1CN(C)Cc1ccc(Cl)c(Cl)c1. The molecule has 2 heterocycles. The summed E-state index contributed by atoms with van der Waals surface area (Å²) in [5.41, 5.74) is 2.36. The molecule has 11 heteroatoms. The van der Waals surface area contributed by atoms with Crippen molar-refractivity contribution in [2.24, 2.45) is 5.92 Å². The van der Waals surface area contributed by atoms with Crippen LogP contribution >= 0.6 is 23.2 Å². The van der Waals surface area contributed by atoms with Gasteiger partial charge in [0.2, 0.25) is 11.8 Å². The number of nitrogens with one attached hydrogen (secondary N) is 1. The summed E-state index contributed by atoms with van der Waals surface area (Å²) < 4.78 is 12.0. The smallest absolute Gasteiger partial charge is 0.227 e. The van der Waals surface area contributed by atoms with Crippen LogP contribution in [0.5, 0.6) is 5.75 Å². The van der Waals surface area contributed by atoms with E-state index in [0.29, 0.717) is 72.9 Å². The second-order valence-electron chi connectivity index (χ2n) is 11.4. The number of benzene rings is 2. The van der Waals surface area contributed by atoms with Crippen LogP contribution < -0.4 is 10.1 Å². The lowest BCUT2D eigenvalue weighted by Crippen LogP contribution is -2.47. The second-order valence-corrected chi connectivity index (χ2v) is 12.2. The Labute approximate surface area is 258 Å². The fourth-order valence-electron chi connectivity index (χ4n) is 5.35. The van der Waals surface area contributed by atoms with Gasteiger partial charge < -0.3 is 24.8 Å². The number of fused-ring (bicyclic) bond motifs is 1. The normalized spacial score (nSPS) is 20.7. The number of nitrogens with zero attached hydrogens (tertiary/aromatic N) is 3. The first-order valence-electron chi connectivity index (χ1n) is 14.5. The maximum atomic E-state index is 13.5. The molecule has 2 aliphatic rings. The summed E-state index contributed by atoms with van der Waals surface area (Å²) in [6, 6.07) is 10.8. The van der Waals surface area contributed by atoms with Gasteiger partial charge in [-0.15, -0.1) is 0 Å². The van der Waals surface area contributed by atoms with Crippen molar-refractivity contribution < 1.29 is 24.2 Å². The summed E-state index contributed by atoms with van der Waals surface area (Å²) in [5, 5.41) is 13.9. The number of carbonyl (C=O) groups excluding carboxylic acids is 2. The lowest BCUT2D eigenvalue weighted by Gasteiger charge is -2.34. The number of halogens is 2. The van der Waals surface area contributed by atoms with E-state index in [9.17, 15) is 14.7 Å². The molecule has 1 saturated heterocycles. The molecule has 230 valence electrons. The van der Waals surface area contributed by atoms with Gasteiger partial charge in [0.15, 0.2) is 0 Å². The Morgan fingerprint density at radius 1 is 1.17 bits per heavy atom. The number of amides is 2. The van der Waals surface area contributed by atoms with E-state index in [0.717, 1.165) is 18.7 Å². The Balaban J connectivity index is 1.50. The van der Waals surface area contributed by atoms with E-state index in [-0.39, 0.29) is 42.9 Å². The topological polar surface area (TPSA) is 94.6 Å². The zero-order chi connectivity index (χ0) is 30.2. The molecule has 0 spiro atoms. The van der Waals surface area contributed by atoms with E-state index in [1.54, 1.807) is 11.0 Å². The van der Waals surface area contributed by atoms with Gasteiger partial charge in [-0.3, -0.25) is 19.4 Å². The largest absolute Gasteiger partial charge is 0.488 e. The van der Waals surface area contributed by atoms with Crippen LogP contribution in [0, 0.1) is 5.92 Å². The molecule has 9 nitrogen and oxygen atoms in total. The summed E-state index contributed by atoms with van der Waals surface area (Å²) in [7, 11) is 2.01.